The van der Waals surface area contributed by atoms with Gasteiger partial charge in [-0.25, -0.2) is 4.79 Å². The van der Waals surface area contributed by atoms with E-state index >= 15 is 0 Å². The first-order valence-corrected chi connectivity index (χ1v) is 7.98. The predicted octanol–water partition coefficient (Wildman–Crippen LogP) is 1.45. The lowest BCUT2D eigenvalue weighted by Crippen LogP contribution is -2.34. The molecule has 9 nitrogen and oxygen atoms in total. The second-order valence-electron chi connectivity index (χ2n) is 5.39. The minimum Gasteiger partial charge on any atom is -0.487 e. The van der Waals surface area contributed by atoms with E-state index < -0.39 is 23.4 Å². The Bertz CT molecular complexity index is 641. The monoisotopic (exact) mass is 352 g/mol. The van der Waals surface area contributed by atoms with Crippen molar-refractivity contribution < 1.29 is 28.7 Å². The van der Waals surface area contributed by atoms with Crippen molar-refractivity contribution in [3.05, 3.63) is 33.9 Å². The van der Waals surface area contributed by atoms with Crippen molar-refractivity contribution in [1.82, 2.24) is 5.32 Å². The average Bonchev–Trinajstić information content (AvgIpc) is 3.11. The van der Waals surface area contributed by atoms with Gasteiger partial charge in [0.05, 0.1) is 23.2 Å². The van der Waals surface area contributed by atoms with Gasteiger partial charge in [0.15, 0.2) is 12.4 Å². The number of ether oxygens (including phenoxy) is 3. The Morgan fingerprint density at radius 3 is 2.88 bits per heavy atom. The highest BCUT2D eigenvalue weighted by Crippen LogP contribution is 2.28. The van der Waals surface area contributed by atoms with Crippen molar-refractivity contribution in [1.29, 1.82) is 0 Å². The zero-order valence-corrected chi connectivity index (χ0v) is 13.9. The molecule has 1 aromatic carbocycles. The fraction of sp³-hybridized carbons (Fsp3) is 0.500. The van der Waals surface area contributed by atoms with Crippen LogP contribution in [-0.2, 0) is 14.3 Å². The molecule has 1 aromatic rings. The second-order valence-corrected chi connectivity index (χ2v) is 5.39. The largest absolute Gasteiger partial charge is 0.487 e. The molecule has 1 N–H and O–H groups in total. The van der Waals surface area contributed by atoms with Crippen molar-refractivity contribution in [3.8, 4) is 5.75 Å². The van der Waals surface area contributed by atoms with Gasteiger partial charge in [-0.15, -0.1) is 0 Å². The van der Waals surface area contributed by atoms with Gasteiger partial charge in [0.25, 0.3) is 5.91 Å². The van der Waals surface area contributed by atoms with E-state index in [4.69, 9.17) is 14.2 Å². The van der Waals surface area contributed by atoms with Gasteiger partial charge < -0.3 is 19.5 Å². The van der Waals surface area contributed by atoms with Crippen LogP contribution in [0.15, 0.2) is 18.2 Å². The Kier molecular flexibility index (Phi) is 6.70. The lowest BCUT2D eigenvalue weighted by atomic mass is 10.2. The van der Waals surface area contributed by atoms with Gasteiger partial charge in [0.1, 0.15) is 0 Å². The molecule has 0 bridgehead atoms. The van der Waals surface area contributed by atoms with Gasteiger partial charge in [-0.2, -0.15) is 0 Å². The van der Waals surface area contributed by atoms with Gasteiger partial charge in [0, 0.05) is 19.2 Å². The summed E-state index contributed by atoms with van der Waals surface area (Å²) in [5.74, 6) is -1.21. The first kappa shape index (κ1) is 18.7. The highest BCUT2D eigenvalue weighted by atomic mass is 16.6. The molecular formula is C16H20N2O7. The van der Waals surface area contributed by atoms with Gasteiger partial charge in [-0.1, -0.05) is 0 Å². The number of benzene rings is 1. The molecular weight excluding hydrogens is 332 g/mol. The van der Waals surface area contributed by atoms with Gasteiger partial charge >= 0.3 is 11.7 Å². The Balaban J connectivity index is 1.88. The molecule has 0 radical (unpaired) electrons. The van der Waals surface area contributed by atoms with Crippen LogP contribution in [0.3, 0.4) is 0 Å². The molecule has 1 heterocycles. The predicted molar refractivity (Wildman–Crippen MR) is 86.5 cm³/mol. The number of hydrogen-bond acceptors (Lipinski definition) is 7. The van der Waals surface area contributed by atoms with Crippen molar-refractivity contribution in [2.75, 3.05) is 26.4 Å². The molecule has 136 valence electrons. The highest BCUT2D eigenvalue weighted by Gasteiger charge is 2.20. The molecule has 0 saturated carbocycles. The number of nitrogens with zero attached hydrogens (tertiary/aromatic N) is 1. The van der Waals surface area contributed by atoms with E-state index in [0.29, 0.717) is 13.2 Å². The number of carbonyl (C=O) groups is 2. The summed E-state index contributed by atoms with van der Waals surface area (Å²) in [6.45, 7) is 2.54. The summed E-state index contributed by atoms with van der Waals surface area (Å²) < 4.78 is 15.4. The topological polar surface area (TPSA) is 117 Å². The quantitative estimate of drug-likeness (QED) is 0.427. The first-order chi connectivity index (χ1) is 12.0. The number of hydrogen-bond donors (Lipinski definition) is 1. The minimum atomic E-state index is -0.821. The third-order valence-corrected chi connectivity index (χ3v) is 3.58. The summed E-state index contributed by atoms with van der Waals surface area (Å²) in [5.41, 5.74) is -0.360. The van der Waals surface area contributed by atoms with Crippen LogP contribution in [0.1, 0.15) is 30.1 Å². The summed E-state index contributed by atoms with van der Waals surface area (Å²) in [4.78, 5) is 34.0. The molecule has 1 aliphatic rings. The molecule has 0 aliphatic carbocycles. The Morgan fingerprint density at radius 1 is 1.44 bits per heavy atom. The van der Waals surface area contributed by atoms with Crippen LogP contribution in [0, 0.1) is 10.1 Å². The molecule has 25 heavy (non-hydrogen) atoms. The molecule has 1 saturated heterocycles. The van der Waals surface area contributed by atoms with Crippen molar-refractivity contribution in [2.24, 2.45) is 0 Å². The summed E-state index contributed by atoms with van der Waals surface area (Å²) >= 11 is 0. The summed E-state index contributed by atoms with van der Waals surface area (Å²) in [6, 6.07) is 3.75. The molecule has 1 fully saturated rings. The van der Waals surface area contributed by atoms with Crippen molar-refractivity contribution in [2.45, 2.75) is 25.9 Å². The van der Waals surface area contributed by atoms with Crippen LogP contribution in [-0.4, -0.2) is 49.3 Å². The molecule has 0 aromatic heterocycles. The molecule has 0 spiro atoms. The molecule has 2 rings (SSSR count). The maximum atomic E-state index is 12.0. The number of nitro groups is 1. The first-order valence-electron chi connectivity index (χ1n) is 7.98. The number of rotatable bonds is 8. The fourth-order valence-corrected chi connectivity index (χ4v) is 2.36. The van der Waals surface area contributed by atoms with Crippen LogP contribution < -0.4 is 10.1 Å². The third kappa shape index (κ3) is 5.42. The van der Waals surface area contributed by atoms with Crippen LogP contribution in [0.25, 0.3) is 0 Å². The lowest BCUT2D eigenvalue weighted by Gasteiger charge is -2.11. The lowest BCUT2D eigenvalue weighted by molar-refractivity contribution is -0.385. The van der Waals surface area contributed by atoms with E-state index in [9.17, 15) is 19.7 Å². The van der Waals surface area contributed by atoms with E-state index in [-0.39, 0.29) is 29.7 Å². The number of esters is 1. The Labute approximate surface area is 144 Å². The van der Waals surface area contributed by atoms with Crippen molar-refractivity contribution in [3.63, 3.8) is 0 Å². The zero-order valence-electron chi connectivity index (χ0n) is 13.9. The molecule has 1 aliphatic heterocycles. The summed E-state index contributed by atoms with van der Waals surface area (Å²) in [7, 11) is 0. The van der Waals surface area contributed by atoms with Crippen LogP contribution >= 0.6 is 0 Å². The number of carbonyl (C=O) groups excluding carboxylic acids is 2. The second kappa shape index (κ2) is 8.97. The average molecular weight is 352 g/mol. The van der Waals surface area contributed by atoms with E-state index in [2.05, 4.69) is 5.32 Å². The third-order valence-electron chi connectivity index (χ3n) is 3.58. The molecule has 1 amide bonds. The SMILES string of the molecule is CCOc1ccc(C(=O)OCC(=O)NC[C@H]2CCCO2)cc1[N+](=O)[O-]. The van der Waals surface area contributed by atoms with Gasteiger partial charge in [0.2, 0.25) is 0 Å². The Morgan fingerprint density at radius 2 is 2.24 bits per heavy atom. The van der Waals surface area contributed by atoms with Gasteiger partial charge in [-0.05, 0) is 31.9 Å². The fourth-order valence-electron chi connectivity index (χ4n) is 2.36. The number of nitro benzene ring substituents is 1. The maximum Gasteiger partial charge on any atom is 0.338 e. The van der Waals surface area contributed by atoms with Gasteiger partial charge in [-0.3, -0.25) is 14.9 Å². The van der Waals surface area contributed by atoms with Crippen molar-refractivity contribution >= 4 is 17.6 Å². The molecule has 0 unspecified atom stereocenters. The number of amides is 1. The highest BCUT2D eigenvalue weighted by molar-refractivity contribution is 5.92. The van der Waals surface area contributed by atoms with Crippen LogP contribution in [0.4, 0.5) is 5.69 Å². The van der Waals surface area contributed by atoms with E-state index in [0.717, 1.165) is 18.9 Å². The van der Waals surface area contributed by atoms with E-state index in [1.54, 1.807) is 6.92 Å². The van der Waals surface area contributed by atoms with E-state index in [1.807, 2.05) is 0 Å². The maximum absolute atomic E-state index is 12.0. The van der Waals surface area contributed by atoms with Crippen LogP contribution in [0.2, 0.25) is 0 Å². The molecule has 9 heteroatoms. The standard InChI is InChI=1S/C16H20N2O7/c1-2-23-14-6-5-11(8-13(14)18(21)22)16(20)25-10-15(19)17-9-12-4-3-7-24-12/h5-6,8,12H,2-4,7,9-10H2,1H3,(H,17,19)/t12-/m1/s1. The normalized spacial score (nSPS) is 16.3. The Hall–Kier alpha value is -2.68. The van der Waals surface area contributed by atoms with Crippen LogP contribution in [0.5, 0.6) is 5.75 Å². The smallest absolute Gasteiger partial charge is 0.338 e. The number of nitrogens with one attached hydrogen (secondary N) is 1. The summed E-state index contributed by atoms with van der Waals surface area (Å²) in [6.07, 6.45) is 1.84. The van der Waals surface area contributed by atoms with E-state index in [1.165, 1.54) is 12.1 Å². The minimum absolute atomic E-state index is 0.00610. The molecule has 1 atom stereocenters. The summed E-state index contributed by atoms with van der Waals surface area (Å²) in [5, 5.41) is 13.7. The zero-order chi connectivity index (χ0) is 18.2.